The first-order valence-electron chi connectivity index (χ1n) is 10.9. The highest BCUT2D eigenvalue weighted by Gasteiger charge is 2.41. The molecule has 0 saturated carbocycles. The molecular formula is C26H22Cl2N2O2S2. The first kappa shape index (κ1) is 23.6. The van der Waals surface area contributed by atoms with Crippen LogP contribution in [0.5, 0.6) is 0 Å². The Bertz CT molecular complexity index is 1120. The van der Waals surface area contributed by atoms with Crippen molar-refractivity contribution in [2.24, 2.45) is 0 Å². The molecule has 4 unspecified atom stereocenters. The highest BCUT2D eigenvalue weighted by atomic mass is 35.5. The smallest absolute Gasteiger partial charge is 0.241 e. The van der Waals surface area contributed by atoms with E-state index in [1.54, 1.807) is 23.5 Å². The minimum Gasteiger partial charge on any atom is -0.295 e. The van der Waals surface area contributed by atoms with Crippen LogP contribution in [0.3, 0.4) is 0 Å². The molecular weight excluding hydrogens is 507 g/mol. The normalized spacial score (nSPS) is 24.8. The molecule has 2 aliphatic heterocycles. The fraction of sp³-hybridized carbons (Fsp3) is 0.231. The van der Waals surface area contributed by atoms with E-state index in [4.69, 9.17) is 23.2 Å². The third-order valence-corrected chi connectivity index (χ3v) is 9.23. The molecule has 2 heterocycles. The summed E-state index contributed by atoms with van der Waals surface area (Å²) in [6, 6.07) is 22.9. The molecule has 2 saturated heterocycles. The first-order chi connectivity index (χ1) is 16.3. The number of thioether (sulfide) groups is 2. The Kier molecular flexibility index (Phi) is 6.60. The average molecular weight is 530 g/mol. The number of amides is 2. The number of carbonyl (C=O) groups is 2. The molecule has 4 nitrogen and oxygen atoms in total. The van der Waals surface area contributed by atoms with Gasteiger partial charge in [0.1, 0.15) is 10.7 Å². The SMILES string of the molecule is CC1SC(c2ccc(Cl)cc2)N(c2ccc(N3C(=O)C(C)SC3c3ccc(Cl)cc3)cc2)C1=O. The molecule has 8 heteroatoms. The zero-order valence-electron chi connectivity index (χ0n) is 18.5. The van der Waals surface area contributed by atoms with Crippen LogP contribution in [0.2, 0.25) is 10.0 Å². The number of halogens is 2. The van der Waals surface area contributed by atoms with Crippen molar-refractivity contribution in [1.29, 1.82) is 0 Å². The van der Waals surface area contributed by atoms with Crippen molar-refractivity contribution in [1.82, 2.24) is 0 Å². The van der Waals surface area contributed by atoms with Crippen molar-refractivity contribution in [2.75, 3.05) is 9.80 Å². The molecule has 0 radical (unpaired) electrons. The molecule has 3 aromatic carbocycles. The molecule has 0 spiro atoms. The maximum Gasteiger partial charge on any atom is 0.241 e. The predicted octanol–water partition coefficient (Wildman–Crippen LogP) is 7.33. The Morgan fingerprint density at radius 1 is 0.588 bits per heavy atom. The number of hydrogen-bond donors (Lipinski definition) is 0. The fourth-order valence-corrected chi connectivity index (χ4v) is 7.07. The van der Waals surface area contributed by atoms with Crippen molar-refractivity contribution in [3.05, 3.63) is 94.0 Å². The lowest BCUT2D eigenvalue weighted by molar-refractivity contribution is -0.118. The lowest BCUT2D eigenvalue weighted by Crippen LogP contribution is -2.31. The Balaban J connectivity index is 1.46. The van der Waals surface area contributed by atoms with Crippen molar-refractivity contribution in [3.63, 3.8) is 0 Å². The van der Waals surface area contributed by atoms with E-state index in [0.717, 1.165) is 22.5 Å². The number of benzene rings is 3. The van der Waals surface area contributed by atoms with E-state index in [-0.39, 0.29) is 33.1 Å². The standard InChI is InChI=1S/C26H22Cl2N2O2S2/c1-15-23(31)29(25(33-15)17-3-7-19(27)8-4-17)21-11-13-22(14-12-21)30-24(32)16(2)34-26(30)18-5-9-20(28)10-6-18/h3-16,25-26H,1-2H3. The third kappa shape index (κ3) is 4.33. The van der Waals surface area contributed by atoms with Gasteiger partial charge in [0.2, 0.25) is 11.8 Å². The van der Waals surface area contributed by atoms with Gasteiger partial charge < -0.3 is 0 Å². The van der Waals surface area contributed by atoms with Gasteiger partial charge in [-0.05, 0) is 73.5 Å². The van der Waals surface area contributed by atoms with Gasteiger partial charge in [-0.2, -0.15) is 0 Å². The van der Waals surface area contributed by atoms with E-state index in [2.05, 4.69) is 0 Å². The van der Waals surface area contributed by atoms with Crippen LogP contribution in [0.4, 0.5) is 11.4 Å². The highest BCUT2D eigenvalue weighted by molar-refractivity contribution is 8.01. The second-order valence-electron chi connectivity index (χ2n) is 8.30. The summed E-state index contributed by atoms with van der Waals surface area (Å²) in [5, 5.41) is 0.784. The average Bonchev–Trinajstić information content (AvgIpc) is 3.30. The Morgan fingerprint density at radius 3 is 1.24 bits per heavy atom. The third-order valence-electron chi connectivity index (χ3n) is 6.02. The Morgan fingerprint density at radius 2 is 0.912 bits per heavy atom. The molecule has 0 aromatic heterocycles. The number of nitrogens with zero attached hydrogens (tertiary/aromatic N) is 2. The summed E-state index contributed by atoms with van der Waals surface area (Å²) in [6.07, 6.45) is 0. The van der Waals surface area contributed by atoms with E-state index < -0.39 is 0 Å². The summed E-state index contributed by atoms with van der Waals surface area (Å²) in [4.78, 5) is 29.8. The lowest BCUT2D eigenvalue weighted by atomic mass is 10.1. The molecule has 2 fully saturated rings. The van der Waals surface area contributed by atoms with Crippen molar-refractivity contribution in [3.8, 4) is 0 Å². The van der Waals surface area contributed by atoms with Gasteiger partial charge in [0.25, 0.3) is 0 Å². The van der Waals surface area contributed by atoms with E-state index >= 15 is 0 Å². The summed E-state index contributed by atoms with van der Waals surface area (Å²) < 4.78 is 0. The summed E-state index contributed by atoms with van der Waals surface area (Å²) in [5.74, 6) is 0.135. The lowest BCUT2D eigenvalue weighted by Gasteiger charge is -2.27. The molecule has 0 aliphatic carbocycles. The van der Waals surface area contributed by atoms with Crippen LogP contribution >= 0.6 is 46.7 Å². The number of rotatable bonds is 4. The summed E-state index contributed by atoms with van der Waals surface area (Å²) in [5.41, 5.74) is 3.67. The van der Waals surface area contributed by atoms with Crippen LogP contribution in [0.1, 0.15) is 35.7 Å². The van der Waals surface area contributed by atoms with Crippen molar-refractivity contribution in [2.45, 2.75) is 35.1 Å². The van der Waals surface area contributed by atoms with Gasteiger partial charge >= 0.3 is 0 Å². The second-order valence-corrected chi connectivity index (χ2v) is 12.0. The summed E-state index contributed by atoms with van der Waals surface area (Å²) >= 11 is 15.4. The molecule has 2 amide bonds. The summed E-state index contributed by atoms with van der Waals surface area (Å²) in [6.45, 7) is 3.87. The second kappa shape index (κ2) is 9.50. The minimum absolute atomic E-state index is 0.0677. The van der Waals surface area contributed by atoms with Crippen LogP contribution in [0.15, 0.2) is 72.8 Å². The summed E-state index contributed by atoms with van der Waals surface area (Å²) in [7, 11) is 0. The van der Waals surface area contributed by atoms with Crippen LogP contribution in [-0.2, 0) is 9.59 Å². The zero-order chi connectivity index (χ0) is 24.0. The van der Waals surface area contributed by atoms with E-state index in [1.807, 2.05) is 96.4 Å². The monoisotopic (exact) mass is 528 g/mol. The van der Waals surface area contributed by atoms with E-state index in [0.29, 0.717) is 10.0 Å². The minimum atomic E-state index is -0.146. The predicted molar refractivity (Wildman–Crippen MR) is 144 cm³/mol. The molecule has 2 aliphatic rings. The van der Waals surface area contributed by atoms with Crippen LogP contribution in [0.25, 0.3) is 0 Å². The van der Waals surface area contributed by atoms with Gasteiger partial charge in [0, 0.05) is 21.4 Å². The molecule has 4 atom stereocenters. The molecule has 0 bridgehead atoms. The van der Waals surface area contributed by atoms with Gasteiger partial charge in [0.15, 0.2) is 0 Å². The van der Waals surface area contributed by atoms with E-state index in [1.165, 1.54) is 0 Å². The van der Waals surface area contributed by atoms with Crippen molar-refractivity contribution < 1.29 is 9.59 Å². The van der Waals surface area contributed by atoms with Crippen molar-refractivity contribution >= 4 is 69.9 Å². The quantitative estimate of drug-likeness (QED) is 0.355. The maximum absolute atomic E-state index is 13.1. The van der Waals surface area contributed by atoms with Crippen LogP contribution in [-0.4, -0.2) is 22.3 Å². The number of hydrogen-bond acceptors (Lipinski definition) is 4. The van der Waals surface area contributed by atoms with Gasteiger partial charge in [-0.15, -0.1) is 23.5 Å². The van der Waals surface area contributed by atoms with Gasteiger partial charge in [-0.25, -0.2) is 0 Å². The topological polar surface area (TPSA) is 40.6 Å². The van der Waals surface area contributed by atoms with Crippen LogP contribution < -0.4 is 9.80 Å². The van der Waals surface area contributed by atoms with Crippen LogP contribution in [0, 0.1) is 0 Å². The number of carbonyl (C=O) groups excluding carboxylic acids is 2. The van der Waals surface area contributed by atoms with Gasteiger partial charge in [0.05, 0.1) is 10.5 Å². The maximum atomic E-state index is 13.1. The molecule has 5 rings (SSSR count). The molecule has 0 N–H and O–H groups in total. The van der Waals surface area contributed by atoms with E-state index in [9.17, 15) is 9.59 Å². The fourth-order valence-electron chi connectivity index (χ4n) is 4.26. The largest absolute Gasteiger partial charge is 0.295 e. The molecule has 3 aromatic rings. The molecule has 174 valence electrons. The van der Waals surface area contributed by atoms with Gasteiger partial charge in [-0.3, -0.25) is 19.4 Å². The Labute approximate surface area is 217 Å². The highest BCUT2D eigenvalue weighted by Crippen LogP contribution is 2.48. The zero-order valence-corrected chi connectivity index (χ0v) is 21.7. The Hall–Kier alpha value is -2.12. The number of anilines is 2. The molecule has 34 heavy (non-hydrogen) atoms. The van der Waals surface area contributed by atoms with Gasteiger partial charge in [-0.1, -0.05) is 47.5 Å². The first-order valence-corrected chi connectivity index (χ1v) is 13.6.